The molecule has 0 amide bonds. The van der Waals surface area contributed by atoms with E-state index in [9.17, 15) is 0 Å². The maximum absolute atomic E-state index is 4.52. The molecule has 0 bridgehead atoms. The summed E-state index contributed by atoms with van der Waals surface area (Å²) in [5, 5.41) is 9.51. The molecule has 0 aliphatic rings. The van der Waals surface area contributed by atoms with E-state index in [0.29, 0.717) is 0 Å². The summed E-state index contributed by atoms with van der Waals surface area (Å²) in [6.45, 7) is 1.93. The van der Waals surface area contributed by atoms with Crippen LogP contribution >= 0.6 is 11.3 Å². The number of aryl methyl sites for hydroxylation is 1. The third-order valence-electron chi connectivity index (χ3n) is 2.94. The van der Waals surface area contributed by atoms with Gasteiger partial charge in [0.05, 0.1) is 10.2 Å². The molecule has 0 fully saturated rings. The summed E-state index contributed by atoms with van der Waals surface area (Å²) < 4.78 is 4.27. The van der Waals surface area contributed by atoms with Gasteiger partial charge in [0.15, 0.2) is 5.65 Å². The van der Waals surface area contributed by atoms with Gasteiger partial charge in [0.2, 0.25) is 0 Å². The summed E-state index contributed by atoms with van der Waals surface area (Å²) in [7, 11) is 0. The Bertz CT molecular complexity index is 859. The van der Waals surface area contributed by atoms with E-state index < -0.39 is 0 Å². The molecule has 0 aliphatic carbocycles. The van der Waals surface area contributed by atoms with Crippen LogP contribution in [-0.2, 0) is 0 Å². The van der Waals surface area contributed by atoms with Gasteiger partial charge in [-0.05, 0) is 13.0 Å². The molecule has 5 heteroatoms. The lowest BCUT2D eigenvalue weighted by molar-refractivity contribution is 0.990. The summed E-state index contributed by atoms with van der Waals surface area (Å²) in [5.74, 6) is 0.867. The summed E-state index contributed by atoms with van der Waals surface area (Å²) in [6.07, 6.45) is 1.80. The number of fused-ring (bicyclic) bond motifs is 5. The second-order valence-electron chi connectivity index (χ2n) is 3.96. The molecular formula is C12H8N4S. The first-order valence-electron chi connectivity index (χ1n) is 5.32. The predicted molar refractivity (Wildman–Crippen MR) is 68.4 cm³/mol. The highest BCUT2D eigenvalue weighted by atomic mass is 32.1. The SMILES string of the molecule is Cc1nnc2c3sc4ccccc4c3ncn12. The molecule has 4 aromatic rings. The molecule has 0 unspecified atom stereocenters. The minimum absolute atomic E-state index is 0.867. The van der Waals surface area contributed by atoms with Crippen LogP contribution in [0.5, 0.6) is 0 Å². The van der Waals surface area contributed by atoms with Crippen LogP contribution in [0.15, 0.2) is 30.6 Å². The highest BCUT2D eigenvalue weighted by Crippen LogP contribution is 2.33. The molecular weight excluding hydrogens is 232 g/mol. The summed E-state index contributed by atoms with van der Waals surface area (Å²) >= 11 is 1.72. The number of aromatic nitrogens is 4. The van der Waals surface area contributed by atoms with Gasteiger partial charge in [-0.25, -0.2) is 4.98 Å². The fourth-order valence-corrected chi connectivity index (χ4v) is 3.22. The average molecular weight is 240 g/mol. The Balaban J connectivity index is 2.34. The topological polar surface area (TPSA) is 43.1 Å². The number of thiophene rings is 1. The van der Waals surface area contributed by atoms with Gasteiger partial charge in [0, 0.05) is 10.1 Å². The van der Waals surface area contributed by atoms with E-state index in [1.165, 1.54) is 10.1 Å². The van der Waals surface area contributed by atoms with Crippen molar-refractivity contribution in [3.63, 3.8) is 0 Å². The monoisotopic (exact) mass is 240 g/mol. The summed E-state index contributed by atoms with van der Waals surface area (Å²) in [6, 6.07) is 8.29. The Hall–Kier alpha value is -2.01. The van der Waals surface area contributed by atoms with E-state index >= 15 is 0 Å². The van der Waals surface area contributed by atoms with Crippen LogP contribution < -0.4 is 0 Å². The fraction of sp³-hybridized carbons (Fsp3) is 0.0833. The van der Waals surface area contributed by atoms with E-state index in [2.05, 4.69) is 27.3 Å². The largest absolute Gasteiger partial charge is 0.268 e. The molecule has 0 spiro atoms. The van der Waals surface area contributed by atoms with Crippen molar-refractivity contribution in [1.29, 1.82) is 0 Å². The smallest absolute Gasteiger partial charge is 0.181 e. The molecule has 4 rings (SSSR count). The highest BCUT2D eigenvalue weighted by Gasteiger charge is 2.11. The molecule has 1 aromatic carbocycles. The molecule has 0 aliphatic heterocycles. The van der Waals surface area contributed by atoms with Gasteiger partial charge in [-0.15, -0.1) is 21.5 Å². The molecule has 0 atom stereocenters. The third-order valence-corrected chi connectivity index (χ3v) is 4.10. The minimum atomic E-state index is 0.867. The molecule has 3 heterocycles. The van der Waals surface area contributed by atoms with Crippen LogP contribution in [0, 0.1) is 6.92 Å². The van der Waals surface area contributed by atoms with Crippen molar-refractivity contribution in [2.45, 2.75) is 6.92 Å². The fourth-order valence-electron chi connectivity index (χ4n) is 2.09. The van der Waals surface area contributed by atoms with Gasteiger partial charge in [-0.3, -0.25) is 4.40 Å². The third kappa shape index (κ3) is 1.09. The minimum Gasteiger partial charge on any atom is -0.268 e. The summed E-state index contributed by atoms with van der Waals surface area (Å²) in [4.78, 5) is 4.52. The lowest BCUT2D eigenvalue weighted by Crippen LogP contribution is -1.89. The van der Waals surface area contributed by atoms with Crippen molar-refractivity contribution in [3.8, 4) is 0 Å². The van der Waals surface area contributed by atoms with Crippen molar-refractivity contribution in [1.82, 2.24) is 19.6 Å². The second kappa shape index (κ2) is 3.01. The molecule has 4 nitrogen and oxygen atoms in total. The predicted octanol–water partition coefficient (Wildman–Crippen LogP) is 2.80. The molecule has 0 N–H and O–H groups in total. The zero-order chi connectivity index (χ0) is 11.4. The maximum atomic E-state index is 4.52. The lowest BCUT2D eigenvalue weighted by Gasteiger charge is -1.94. The van der Waals surface area contributed by atoms with Crippen molar-refractivity contribution in [2.24, 2.45) is 0 Å². The van der Waals surface area contributed by atoms with E-state index in [0.717, 1.165) is 21.7 Å². The molecule has 82 valence electrons. The standard InChI is InChI=1S/C12H8N4S/c1-7-14-15-12-11-10(13-6-16(7)12)8-4-2-3-5-9(8)17-11/h2-6H,1H3. The number of nitrogens with zero attached hydrogens (tertiary/aromatic N) is 4. The van der Waals surface area contributed by atoms with Gasteiger partial charge in [0.1, 0.15) is 12.2 Å². The molecule has 17 heavy (non-hydrogen) atoms. The van der Waals surface area contributed by atoms with Gasteiger partial charge in [-0.2, -0.15) is 0 Å². The van der Waals surface area contributed by atoms with E-state index in [1.807, 2.05) is 23.5 Å². The Labute approximate surface area is 101 Å². The van der Waals surface area contributed by atoms with Crippen molar-refractivity contribution in [3.05, 3.63) is 36.4 Å². The van der Waals surface area contributed by atoms with Gasteiger partial charge in [0.25, 0.3) is 0 Å². The van der Waals surface area contributed by atoms with Crippen LogP contribution in [-0.4, -0.2) is 19.6 Å². The first-order chi connectivity index (χ1) is 8.34. The van der Waals surface area contributed by atoms with Crippen LogP contribution in [0.1, 0.15) is 5.82 Å². The Morgan fingerprint density at radius 3 is 3.00 bits per heavy atom. The van der Waals surface area contributed by atoms with Crippen LogP contribution in [0.25, 0.3) is 25.9 Å². The maximum Gasteiger partial charge on any atom is 0.181 e. The second-order valence-corrected chi connectivity index (χ2v) is 5.01. The molecule has 0 radical (unpaired) electrons. The molecule has 0 saturated carbocycles. The first kappa shape index (κ1) is 9.07. The van der Waals surface area contributed by atoms with Gasteiger partial charge in [-0.1, -0.05) is 18.2 Å². The van der Waals surface area contributed by atoms with Crippen LogP contribution in [0.4, 0.5) is 0 Å². The normalized spacial score (nSPS) is 11.8. The van der Waals surface area contributed by atoms with Gasteiger partial charge < -0.3 is 0 Å². The number of benzene rings is 1. The Kier molecular flexibility index (Phi) is 1.61. The lowest BCUT2D eigenvalue weighted by atomic mass is 10.2. The Morgan fingerprint density at radius 2 is 2.06 bits per heavy atom. The van der Waals surface area contributed by atoms with Crippen LogP contribution in [0.2, 0.25) is 0 Å². The molecule has 0 saturated heterocycles. The van der Waals surface area contributed by atoms with E-state index in [-0.39, 0.29) is 0 Å². The van der Waals surface area contributed by atoms with Crippen molar-refractivity contribution >= 4 is 37.3 Å². The number of hydrogen-bond acceptors (Lipinski definition) is 4. The summed E-state index contributed by atoms with van der Waals surface area (Å²) in [5.41, 5.74) is 1.92. The molecule has 3 aromatic heterocycles. The average Bonchev–Trinajstić information content (AvgIpc) is 2.90. The van der Waals surface area contributed by atoms with Crippen molar-refractivity contribution < 1.29 is 0 Å². The van der Waals surface area contributed by atoms with Crippen LogP contribution in [0.3, 0.4) is 0 Å². The number of hydrogen-bond donors (Lipinski definition) is 0. The first-order valence-corrected chi connectivity index (χ1v) is 6.14. The van der Waals surface area contributed by atoms with E-state index in [4.69, 9.17) is 0 Å². The quantitative estimate of drug-likeness (QED) is 0.474. The highest BCUT2D eigenvalue weighted by molar-refractivity contribution is 7.26. The zero-order valence-electron chi connectivity index (χ0n) is 9.08. The van der Waals surface area contributed by atoms with Gasteiger partial charge >= 0.3 is 0 Å². The Morgan fingerprint density at radius 1 is 1.18 bits per heavy atom. The van der Waals surface area contributed by atoms with E-state index in [1.54, 1.807) is 17.7 Å². The zero-order valence-corrected chi connectivity index (χ0v) is 9.90. The van der Waals surface area contributed by atoms with Crippen molar-refractivity contribution in [2.75, 3.05) is 0 Å². The number of rotatable bonds is 0.